The van der Waals surface area contributed by atoms with E-state index in [0.717, 1.165) is 6.42 Å². The second-order valence-electron chi connectivity index (χ2n) is 6.52. The first-order valence-corrected chi connectivity index (χ1v) is 7.83. The van der Waals surface area contributed by atoms with Crippen LogP contribution in [0.3, 0.4) is 0 Å². The van der Waals surface area contributed by atoms with E-state index >= 15 is 0 Å². The molecule has 0 bridgehead atoms. The third-order valence-corrected chi connectivity index (χ3v) is 5.67. The number of allylic oxidation sites excluding steroid dienone is 3. The summed E-state index contributed by atoms with van der Waals surface area (Å²) in [4.78, 5) is 2.54. The molecule has 1 nitrogen and oxygen atoms in total. The minimum absolute atomic E-state index is 0.281. The second-order valence-corrected chi connectivity index (χ2v) is 6.52. The molecule has 1 saturated heterocycles. The van der Waals surface area contributed by atoms with Crippen molar-refractivity contribution in [2.45, 2.75) is 59.9 Å². The summed E-state index contributed by atoms with van der Waals surface area (Å²) in [5.41, 5.74) is 2.29. The molecule has 0 aromatic carbocycles. The van der Waals surface area contributed by atoms with Crippen molar-refractivity contribution in [2.75, 3.05) is 6.54 Å². The molecule has 1 atom stereocenters. The zero-order valence-electron chi connectivity index (χ0n) is 13.2. The highest BCUT2D eigenvalue weighted by molar-refractivity contribution is 5.35. The van der Waals surface area contributed by atoms with Gasteiger partial charge in [-0.05, 0) is 47.9 Å². The maximum Gasteiger partial charge on any atom is 0.0689 e. The summed E-state index contributed by atoms with van der Waals surface area (Å²) in [6.45, 7) is 13.1. The van der Waals surface area contributed by atoms with Gasteiger partial charge in [-0.15, -0.1) is 0 Å². The Morgan fingerprint density at radius 2 is 1.89 bits per heavy atom. The number of piperidine rings is 1. The highest BCUT2D eigenvalue weighted by Gasteiger charge is 2.51. The molecule has 1 heteroatoms. The number of rotatable bonds is 3. The molecule has 0 amide bonds. The Kier molecular flexibility index (Phi) is 3.94. The highest BCUT2D eigenvalue weighted by atomic mass is 15.2. The van der Waals surface area contributed by atoms with E-state index in [9.17, 15) is 0 Å². The molecule has 1 fully saturated rings. The molecule has 1 unspecified atom stereocenters. The van der Waals surface area contributed by atoms with Crippen LogP contribution in [-0.4, -0.2) is 17.5 Å². The Hall–Kier alpha value is -0.980. The van der Waals surface area contributed by atoms with Crippen LogP contribution in [0, 0.1) is 10.8 Å². The van der Waals surface area contributed by atoms with Crippen molar-refractivity contribution in [1.29, 1.82) is 0 Å². The van der Waals surface area contributed by atoms with Gasteiger partial charge in [-0.25, -0.2) is 0 Å². The summed E-state index contributed by atoms with van der Waals surface area (Å²) in [5.74, 6) is 0. The first-order valence-electron chi connectivity index (χ1n) is 7.83. The lowest BCUT2D eigenvalue weighted by Crippen LogP contribution is -2.56. The first kappa shape index (κ1) is 14.4. The molecular weight excluding hydrogens is 230 g/mol. The molecule has 106 valence electrons. The molecule has 2 aliphatic heterocycles. The Bertz CT molecular complexity index is 407. The van der Waals surface area contributed by atoms with E-state index in [1.807, 2.05) is 0 Å². The highest BCUT2D eigenvalue weighted by Crippen LogP contribution is 2.55. The third-order valence-electron chi connectivity index (χ3n) is 5.67. The molecule has 0 spiro atoms. The van der Waals surface area contributed by atoms with Gasteiger partial charge in [0.2, 0.25) is 0 Å². The van der Waals surface area contributed by atoms with Gasteiger partial charge < -0.3 is 4.90 Å². The molecule has 0 aromatic rings. The van der Waals surface area contributed by atoms with Crippen molar-refractivity contribution in [3.63, 3.8) is 0 Å². The summed E-state index contributed by atoms with van der Waals surface area (Å²) in [6.07, 6.45) is 15.1. The lowest BCUT2D eigenvalue weighted by molar-refractivity contribution is 0.00773. The second kappa shape index (κ2) is 5.19. The van der Waals surface area contributed by atoms with Crippen LogP contribution in [0.4, 0.5) is 0 Å². The fraction of sp³-hybridized carbons (Fsp3) is 0.667. The normalized spacial score (nSPS) is 29.6. The van der Waals surface area contributed by atoms with E-state index in [1.54, 1.807) is 5.57 Å². The molecule has 0 radical (unpaired) electrons. The molecule has 2 rings (SSSR count). The van der Waals surface area contributed by atoms with E-state index in [2.05, 4.69) is 70.0 Å². The molecule has 0 aromatic heterocycles. The molecule has 19 heavy (non-hydrogen) atoms. The Morgan fingerprint density at radius 3 is 2.47 bits per heavy atom. The maximum absolute atomic E-state index is 2.54. The summed E-state index contributed by atoms with van der Waals surface area (Å²) >= 11 is 0. The minimum Gasteiger partial charge on any atom is -0.367 e. The summed E-state index contributed by atoms with van der Waals surface area (Å²) in [5, 5.41) is 0. The van der Waals surface area contributed by atoms with Crippen LogP contribution in [0.2, 0.25) is 0 Å². The van der Waals surface area contributed by atoms with Crippen LogP contribution in [0.5, 0.6) is 0 Å². The SMILES string of the molecule is CC/C=C1/C2C=CC=CN2CC(CC)(CC)C1(C)C. The first-order chi connectivity index (χ1) is 9.02. The van der Waals surface area contributed by atoms with Crippen LogP contribution in [0.25, 0.3) is 0 Å². The average Bonchev–Trinajstić information content (AvgIpc) is 2.41. The predicted molar refractivity (Wildman–Crippen MR) is 83.9 cm³/mol. The van der Waals surface area contributed by atoms with E-state index in [-0.39, 0.29) is 5.41 Å². The molecule has 2 heterocycles. The van der Waals surface area contributed by atoms with Crippen LogP contribution in [0.1, 0.15) is 53.9 Å². The van der Waals surface area contributed by atoms with E-state index in [0.29, 0.717) is 11.5 Å². The van der Waals surface area contributed by atoms with Crippen LogP contribution >= 0.6 is 0 Å². The van der Waals surface area contributed by atoms with Gasteiger partial charge in [0.25, 0.3) is 0 Å². The van der Waals surface area contributed by atoms with Crippen molar-refractivity contribution in [2.24, 2.45) is 10.8 Å². The lowest BCUT2D eigenvalue weighted by atomic mass is 9.55. The van der Waals surface area contributed by atoms with Gasteiger partial charge in [0.05, 0.1) is 6.04 Å². The van der Waals surface area contributed by atoms with Gasteiger partial charge >= 0.3 is 0 Å². The fourth-order valence-corrected chi connectivity index (χ4v) is 4.14. The largest absolute Gasteiger partial charge is 0.367 e. The Morgan fingerprint density at radius 1 is 1.21 bits per heavy atom. The zero-order chi connectivity index (χ0) is 14.1. The average molecular weight is 259 g/mol. The van der Waals surface area contributed by atoms with E-state index in [4.69, 9.17) is 0 Å². The van der Waals surface area contributed by atoms with Gasteiger partial charge in [0, 0.05) is 6.54 Å². The van der Waals surface area contributed by atoms with Crippen LogP contribution in [-0.2, 0) is 0 Å². The van der Waals surface area contributed by atoms with E-state index in [1.165, 1.54) is 19.4 Å². The quantitative estimate of drug-likeness (QED) is 0.650. The molecule has 2 aliphatic rings. The van der Waals surface area contributed by atoms with Gasteiger partial charge in [-0.2, -0.15) is 0 Å². The standard InChI is InChI=1S/C18H29N/c1-6-11-15-16-12-9-10-13-19(16)14-18(7-2,8-3)17(15,4)5/h9-13,16H,6-8,14H2,1-5H3/b15-11-. The monoisotopic (exact) mass is 259 g/mol. The number of hydrogen-bond donors (Lipinski definition) is 0. The number of hydrogen-bond acceptors (Lipinski definition) is 1. The van der Waals surface area contributed by atoms with Crippen molar-refractivity contribution in [1.82, 2.24) is 4.90 Å². The Labute approximate surface area is 119 Å². The predicted octanol–water partition coefficient (Wildman–Crippen LogP) is 4.92. The van der Waals surface area contributed by atoms with Crippen LogP contribution in [0.15, 0.2) is 36.1 Å². The van der Waals surface area contributed by atoms with Crippen molar-refractivity contribution >= 4 is 0 Å². The smallest absolute Gasteiger partial charge is 0.0689 e. The number of nitrogens with zero attached hydrogens (tertiary/aromatic N) is 1. The topological polar surface area (TPSA) is 3.24 Å². The number of fused-ring (bicyclic) bond motifs is 1. The maximum atomic E-state index is 2.54. The molecule has 0 aliphatic carbocycles. The van der Waals surface area contributed by atoms with Crippen molar-refractivity contribution in [3.8, 4) is 0 Å². The van der Waals surface area contributed by atoms with Crippen molar-refractivity contribution in [3.05, 3.63) is 36.1 Å². The van der Waals surface area contributed by atoms with Gasteiger partial charge in [-0.1, -0.05) is 52.8 Å². The van der Waals surface area contributed by atoms with Gasteiger partial charge in [-0.3, -0.25) is 0 Å². The Balaban J connectivity index is 2.51. The van der Waals surface area contributed by atoms with Crippen LogP contribution < -0.4 is 0 Å². The van der Waals surface area contributed by atoms with Crippen molar-refractivity contribution < 1.29 is 0 Å². The minimum atomic E-state index is 0.281. The fourth-order valence-electron chi connectivity index (χ4n) is 4.14. The zero-order valence-corrected chi connectivity index (χ0v) is 13.2. The summed E-state index contributed by atoms with van der Waals surface area (Å²) < 4.78 is 0. The van der Waals surface area contributed by atoms with Gasteiger partial charge in [0.1, 0.15) is 0 Å². The third kappa shape index (κ3) is 2.07. The summed E-state index contributed by atoms with van der Waals surface area (Å²) in [6, 6.07) is 0.478. The van der Waals surface area contributed by atoms with Gasteiger partial charge in [0.15, 0.2) is 0 Å². The molecule has 0 saturated carbocycles. The molecular formula is C18H29N. The van der Waals surface area contributed by atoms with E-state index < -0.39 is 0 Å². The lowest BCUT2D eigenvalue weighted by Gasteiger charge is -2.58. The summed E-state index contributed by atoms with van der Waals surface area (Å²) in [7, 11) is 0. The molecule has 0 N–H and O–H groups in total.